The highest BCUT2D eigenvalue weighted by Gasteiger charge is 2.23. The lowest BCUT2D eigenvalue weighted by Gasteiger charge is -2.26. The van der Waals surface area contributed by atoms with Gasteiger partial charge in [0.1, 0.15) is 11.5 Å². The van der Waals surface area contributed by atoms with Crippen LogP contribution in [0.25, 0.3) is 0 Å². The molecule has 0 N–H and O–H groups in total. The van der Waals surface area contributed by atoms with E-state index in [0.717, 1.165) is 11.1 Å². The van der Waals surface area contributed by atoms with Crippen LogP contribution in [0.4, 0.5) is 9.59 Å². The normalized spacial score (nSPS) is 10.7. The summed E-state index contributed by atoms with van der Waals surface area (Å²) in [6.07, 6.45) is -1.51. The molecule has 0 bridgehead atoms. The maximum absolute atomic E-state index is 11.1. The predicted octanol–water partition coefficient (Wildman–Crippen LogP) is 4.30. The van der Waals surface area contributed by atoms with Gasteiger partial charge in [-0.2, -0.15) is 0 Å². The van der Waals surface area contributed by atoms with E-state index in [1.165, 1.54) is 14.2 Å². The van der Waals surface area contributed by atoms with Crippen LogP contribution in [-0.2, 0) is 14.9 Å². The minimum atomic E-state index is -0.756. The Hall–Kier alpha value is -3.02. The largest absolute Gasteiger partial charge is 0.513 e. The third kappa shape index (κ3) is 4.50. The molecule has 2 rings (SSSR count). The van der Waals surface area contributed by atoms with Gasteiger partial charge in [0.2, 0.25) is 0 Å². The van der Waals surface area contributed by atoms with Gasteiger partial charge in [-0.25, -0.2) is 9.59 Å². The molecule has 0 aliphatic heterocycles. The molecule has 0 atom stereocenters. The molecule has 0 aliphatic rings. The molecule has 25 heavy (non-hydrogen) atoms. The fraction of sp³-hybridized carbons (Fsp3) is 0.263. The van der Waals surface area contributed by atoms with Crippen molar-refractivity contribution in [1.29, 1.82) is 0 Å². The Morgan fingerprint density at radius 3 is 1.28 bits per heavy atom. The first-order chi connectivity index (χ1) is 11.9. The molecule has 0 aliphatic carbocycles. The molecule has 0 heterocycles. The molecule has 0 aromatic heterocycles. The average molecular weight is 344 g/mol. The first-order valence-electron chi connectivity index (χ1n) is 7.59. The lowest BCUT2D eigenvalue weighted by Crippen LogP contribution is -2.19. The van der Waals surface area contributed by atoms with Crippen LogP contribution in [0, 0.1) is 0 Å². The lowest BCUT2D eigenvalue weighted by molar-refractivity contribution is 0.120. The molecule has 0 radical (unpaired) electrons. The predicted molar refractivity (Wildman–Crippen MR) is 91.1 cm³/mol. The second-order valence-electron chi connectivity index (χ2n) is 5.79. The number of hydrogen-bond acceptors (Lipinski definition) is 6. The number of carbonyl (C=O) groups excluding carboxylic acids is 2. The van der Waals surface area contributed by atoms with Crippen molar-refractivity contribution >= 4 is 12.3 Å². The van der Waals surface area contributed by atoms with Gasteiger partial charge in [-0.1, -0.05) is 38.1 Å². The zero-order chi connectivity index (χ0) is 18.4. The molecule has 0 unspecified atom stereocenters. The number of ether oxygens (including phenoxy) is 4. The van der Waals surface area contributed by atoms with Gasteiger partial charge in [0, 0.05) is 5.41 Å². The summed E-state index contributed by atoms with van der Waals surface area (Å²) in [4.78, 5) is 22.3. The quantitative estimate of drug-likeness (QED) is 0.608. The van der Waals surface area contributed by atoms with E-state index in [1.807, 2.05) is 24.3 Å². The van der Waals surface area contributed by atoms with E-state index in [9.17, 15) is 9.59 Å². The van der Waals surface area contributed by atoms with Crippen molar-refractivity contribution in [2.45, 2.75) is 19.3 Å². The Balaban J connectivity index is 2.17. The highest BCUT2D eigenvalue weighted by atomic mass is 16.7. The molecular weight excluding hydrogens is 324 g/mol. The zero-order valence-electron chi connectivity index (χ0n) is 14.6. The summed E-state index contributed by atoms with van der Waals surface area (Å²) in [5, 5.41) is 0. The molecule has 2 aromatic carbocycles. The maximum atomic E-state index is 11.1. The fourth-order valence-electron chi connectivity index (χ4n) is 2.32. The molecular formula is C19H20O6. The van der Waals surface area contributed by atoms with Crippen molar-refractivity contribution in [3.8, 4) is 11.5 Å². The molecule has 2 aromatic rings. The minimum Gasteiger partial charge on any atom is -0.437 e. The van der Waals surface area contributed by atoms with E-state index in [2.05, 4.69) is 23.3 Å². The summed E-state index contributed by atoms with van der Waals surface area (Å²) in [6.45, 7) is 4.14. The smallest absolute Gasteiger partial charge is 0.437 e. The first kappa shape index (κ1) is 18.3. The van der Waals surface area contributed by atoms with Crippen LogP contribution in [0.5, 0.6) is 11.5 Å². The second-order valence-corrected chi connectivity index (χ2v) is 5.79. The van der Waals surface area contributed by atoms with Crippen LogP contribution in [-0.4, -0.2) is 26.5 Å². The van der Waals surface area contributed by atoms with Crippen LogP contribution < -0.4 is 9.47 Å². The van der Waals surface area contributed by atoms with E-state index >= 15 is 0 Å². The van der Waals surface area contributed by atoms with E-state index in [4.69, 9.17) is 9.47 Å². The first-order valence-corrected chi connectivity index (χ1v) is 7.59. The molecule has 6 nitrogen and oxygen atoms in total. The van der Waals surface area contributed by atoms with Gasteiger partial charge in [0.15, 0.2) is 0 Å². The average Bonchev–Trinajstić information content (AvgIpc) is 2.62. The summed E-state index contributed by atoms with van der Waals surface area (Å²) < 4.78 is 18.9. The third-order valence-electron chi connectivity index (χ3n) is 3.89. The zero-order valence-corrected chi connectivity index (χ0v) is 14.6. The molecule has 0 saturated carbocycles. The third-order valence-corrected chi connectivity index (χ3v) is 3.89. The van der Waals surface area contributed by atoms with Gasteiger partial charge in [-0.3, -0.25) is 0 Å². The molecule has 0 amide bonds. The molecule has 132 valence electrons. The van der Waals surface area contributed by atoms with Crippen molar-refractivity contribution < 1.29 is 28.5 Å². The van der Waals surface area contributed by atoms with Gasteiger partial charge < -0.3 is 18.9 Å². The van der Waals surface area contributed by atoms with Crippen molar-refractivity contribution in [3.63, 3.8) is 0 Å². The molecule has 6 heteroatoms. The molecule has 0 spiro atoms. The van der Waals surface area contributed by atoms with Gasteiger partial charge in [-0.15, -0.1) is 0 Å². The Bertz CT molecular complexity index is 668. The topological polar surface area (TPSA) is 71.1 Å². The Labute approximate surface area is 146 Å². The monoisotopic (exact) mass is 344 g/mol. The maximum Gasteiger partial charge on any atom is 0.513 e. The minimum absolute atomic E-state index is 0.298. The summed E-state index contributed by atoms with van der Waals surface area (Å²) in [5.41, 5.74) is 1.77. The van der Waals surface area contributed by atoms with Crippen molar-refractivity contribution in [2.24, 2.45) is 0 Å². The lowest BCUT2D eigenvalue weighted by atomic mass is 9.78. The number of carbonyl (C=O) groups is 2. The van der Waals surface area contributed by atoms with E-state index in [1.54, 1.807) is 24.3 Å². The van der Waals surface area contributed by atoms with E-state index in [0.29, 0.717) is 11.5 Å². The fourth-order valence-corrected chi connectivity index (χ4v) is 2.32. The van der Waals surface area contributed by atoms with Gasteiger partial charge in [-0.05, 0) is 35.4 Å². The van der Waals surface area contributed by atoms with E-state index < -0.39 is 12.3 Å². The summed E-state index contributed by atoms with van der Waals surface area (Å²) in [7, 11) is 2.51. The Morgan fingerprint density at radius 2 is 1.00 bits per heavy atom. The van der Waals surface area contributed by atoms with Crippen LogP contribution in [0.15, 0.2) is 48.5 Å². The number of benzene rings is 2. The Morgan fingerprint density at radius 1 is 0.680 bits per heavy atom. The summed E-state index contributed by atoms with van der Waals surface area (Å²) >= 11 is 0. The second kappa shape index (κ2) is 7.70. The molecule has 0 saturated heterocycles. The molecule has 0 fully saturated rings. The number of hydrogen-bond donors (Lipinski definition) is 0. The van der Waals surface area contributed by atoms with Crippen LogP contribution in [0.2, 0.25) is 0 Å². The summed E-state index contributed by atoms with van der Waals surface area (Å²) in [5.74, 6) is 0.821. The van der Waals surface area contributed by atoms with Crippen molar-refractivity contribution in [3.05, 3.63) is 59.7 Å². The Kier molecular flexibility index (Phi) is 5.64. The van der Waals surface area contributed by atoms with Crippen LogP contribution in [0.1, 0.15) is 25.0 Å². The van der Waals surface area contributed by atoms with Crippen LogP contribution >= 0.6 is 0 Å². The summed E-state index contributed by atoms with van der Waals surface area (Å²) in [6, 6.07) is 14.4. The number of methoxy groups -OCH3 is 2. The van der Waals surface area contributed by atoms with Gasteiger partial charge in [0.05, 0.1) is 14.2 Å². The van der Waals surface area contributed by atoms with Gasteiger partial charge >= 0.3 is 12.3 Å². The van der Waals surface area contributed by atoms with Crippen molar-refractivity contribution in [2.75, 3.05) is 14.2 Å². The highest BCUT2D eigenvalue weighted by molar-refractivity contribution is 5.64. The van der Waals surface area contributed by atoms with Crippen molar-refractivity contribution in [1.82, 2.24) is 0 Å². The van der Waals surface area contributed by atoms with Gasteiger partial charge in [0.25, 0.3) is 0 Å². The standard InChI is InChI=1S/C19H20O6/c1-19(2,13-5-9-15(10-6-13)24-17(20)22-3)14-7-11-16(12-8-14)25-18(21)23-4/h5-12H,1-4H3. The SMILES string of the molecule is COC(=O)Oc1ccc(C(C)(C)c2ccc(OC(=O)OC)cc2)cc1. The van der Waals surface area contributed by atoms with E-state index in [-0.39, 0.29) is 5.41 Å². The number of rotatable bonds is 4. The highest BCUT2D eigenvalue weighted by Crippen LogP contribution is 2.33. The van der Waals surface area contributed by atoms with Crippen LogP contribution in [0.3, 0.4) is 0 Å².